The molecule has 3 aromatic rings. The van der Waals surface area contributed by atoms with Crippen LogP contribution in [0.3, 0.4) is 0 Å². The standard InChI is InChI=1S/C25H26N2O6S/c1-18-22(17-34(29,30)21-5-3-2-4-6-21)26-23(33-18)19-7-9-20(10-8-19)24(28)27-13-11-25(12-14-27)31-15-16-32-25/h2-10H,11-17H2,1H3. The molecule has 3 heterocycles. The fraction of sp³-hybridized carbons (Fsp3) is 0.360. The fourth-order valence-corrected chi connectivity index (χ4v) is 5.72. The molecule has 8 nitrogen and oxygen atoms in total. The molecule has 5 rings (SSSR count). The number of amides is 1. The van der Waals surface area contributed by atoms with Crippen LogP contribution < -0.4 is 0 Å². The Morgan fingerprint density at radius 2 is 1.65 bits per heavy atom. The van der Waals surface area contributed by atoms with Crippen LogP contribution in [0.25, 0.3) is 11.5 Å². The van der Waals surface area contributed by atoms with Crippen molar-refractivity contribution in [1.82, 2.24) is 9.88 Å². The largest absolute Gasteiger partial charge is 0.441 e. The van der Waals surface area contributed by atoms with Crippen molar-refractivity contribution in [3.8, 4) is 11.5 Å². The zero-order valence-corrected chi connectivity index (χ0v) is 19.7. The van der Waals surface area contributed by atoms with E-state index in [4.69, 9.17) is 13.9 Å². The molecule has 2 aromatic carbocycles. The van der Waals surface area contributed by atoms with E-state index in [1.807, 2.05) is 4.90 Å². The van der Waals surface area contributed by atoms with Crippen LogP contribution in [0.5, 0.6) is 0 Å². The molecule has 0 unspecified atom stereocenters. The summed E-state index contributed by atoms with van der Waals surface area (Å²) >= 11 is 0. The average molecular weight is 483 g/mol. The van der Waals surface area contributed by atoms with E-state index >= 15 is 0 Å². The lowest BCUT2D eigenvalue weighted by molar-refractivity contribution is -0.181. The molecular formula is C25H26N2O6S. The van der Waals surface area contributed by atoms with E-state index in [2.05, 4.69) is 4.98 Å². The fourth-order valence-electron chi connectivity index (χ4n) is 4.35. The maximum absolute atomic E-state index is 12.9. The predicted octanol–water partition coefficient (Wildman–Crippen LogP) is 3.60. The second-order valence-corrected chi connectivity index (χ2v) is 10.6. The zero-order chi connectivity index (χ0) is 23.8. The first kappa shape index (κ1) is 22.8. The highest BCUT2D eigenvalue weighted by Gasteiger charge is 2.40. The van der Waals surface area contributed by atoms with Crippen LogP contribution in [0.4, 0.5) is 0 Å². The van der Waals surface area contributed by atoms with Gasteiger partial charge in [-0.15, -0.1) is 0 Å². The van der Waals surface area contributed by atoms with Gasteiger partial charge in [0.25, 0.3) is 5.91 Å². The van der Waals surface area contributed by atoms with Crippen molar-refractivity contribution < 1.29 is 27.1 Å². The van der Waals surface area contributed by atoms with E-state index in [9.17, 15) is 13.2 Å². The molecule has 34 heavy (non-hydrogen) atoms. The number of aromatic nitrogens is 1. The number of ether oxygens (including phenoxy) is 2. The van der Waals surface area contributed by atoms with E-state index in [0.29, 0.717) is 67.6 Å². The van der Waals surface area contributed by atoms with Gasteiger partial charge in [-0.05, 0) is 43.3 Å². The molecule has 2 aliphatic heterocycles. The van der Waals surface area contributed by atoms with Crippen LogP contribution >= 0.6 is 0 Å². The van der Waals surface area contributed by atoms with Gasteiger partial charge in [0.15, 0.2) is 15.6 Å². The summed E-state index contributed by atoms with van der Waals surface area (Å²) in [7, 11) is -3.53. The molecule has 0 radical (unpaired) electrons. The number of nitrogens with zero attached hydrogens (tertiary/aromatic N) is 2. The number of likely N-dealkylation sites (tertiary alicyclic amines) is 1. The third-order valence-electron chi connectivity index (χ3n) is 6.33. The number of oxazole rings is 1. The van der Waals surface area contributed by atoms with Gasteiger partial charge in [-0.3, -0.25) is 4.79 Å². The Morgan fingerprint density at radius 3 is 2.29 bits per heavy atom. The summed E-state index contributed by atoms with van der Waals surface area (Å²) in [5.41, 5.74) is 1.62. The van der Waals surface area contributed by atoms with Crippen molar-refractivity contribution in [2.45, 2.75) is 36.2 Å². The number of carbonyl (C=O) groups excluding carboxylic acids is 1. The van der Waals surface area contributed by atoms with Crippen molar-refractivity contribution in [2.24, 2.45) is 0 Å². The molecule has 2 aliphatic rings. The number of carbonyl (C=O) groups is 1. The Morgan fingerprint density at radius 1 is 1.00 bits per heavy atom. The average Bonchev–Trinajstić information content (AvgIpc) is 3.46. The van der Waals surface area contributed by atoms with E-state index in [-0.39, 0.29) is 16.6 Å². The van der Waals surface area contributed by atoms with Crippen LogP contribution in [0.15, 0.2) is 63.9 Å². The maximum Gasteiger partial charge on any atom is 0.253 e. The Labute approximate surface area is 198 Å². The number of rotatable bonds is 5. The number of aryl methyl sites for hydroxylation is 1. The highest BCUT2D eigenvalue weighted by atomic mass is 32.2. The van der Waals surface area contributed by atoms with Crippen molar-refractivity contribution >= 4 is 15.7 Å². The van der Waals surface area contributed by atoms with Gasteiger partial charge in [-0.25, -0.2) is 13.4 Å². The Bertz CT molecular complexity index is 1270. The lowest BCUT2D eigenvalue weighted by atomic mass is 10.0. The van der Waals surface area contributed by atoms with E-state index in [1.54, 1.807) is 61.5 Å². The monoisotopic (exact) mass is 482 g/mol. The Kier molecular flexibility index (Phi) is 6.01. The van der Waals surface area contributed by atoms with Crippen molar-refractivity contribution in [2.75, 3.05) is 26.3 Å². The SMILES string of the molecule is Cc1oc(-c2ccc(C(=O)N3CCC4(CC3)OCCO4)cc2)nc1CS(=O)(=O)c1ccccc1. The minimum absolute atomic E-state index is 0.0439. The molecule has 2 fully saturated rings. The summed E-state index contributed by atoms with van der Waals surface area (Å²) in [6.07, 6.45) is 1.34. The molecule has 1 spiro atoms. The molecule has 9 heteroatoms. The molecule has 178 valence electrons. The second kappa shape index (κ2) is 8.98. The summed E-state index contributed by atoms with van der Waals surface area (Å²) in [4.78, 5) is 19.4. The maximum atomic E-state index is 12.9. The lowest BCUT2D eigenvalue weighted by Crippen LogP contribution is -2.47. The summed E-state index contributed by atoms with van der Waals surface area (Å²) < 4.78 is 42.6. The highest BCUT2D eigenvalue weighted by molar-refractivity contribution is 7.90. The van der Waals surface area contributed by atoms with Gasteiger partial charge in [-0.1, -0.05) is 18.2 Å². The van der Waals surface area contributed by atoms with Crippen LogP contribution in [0.2, 0.25) is 0 Å². The summed E-state index contributed by atoms with van der Waals surface area (Å²) in [6, 6.07) is 15.3. The third kappa shape index (κ3) is 4.51. The van der Waals surface area contributed by atoms with Crippen molar-refractivity contribution in [1.29, 1.82) is 0 Å². The van der Waals surface area contributed by atoms with Gasteiger partial charge in [-0.2, -0.15) is 0 Å². The quantitative estimate of drug-likeness (QED) is 0.548. The van der Waals surface area contributed by atoms with Gasteiger partial charge < -0.3 is 18.8 Å². The number of hydrogen-bond acceptors (Lipinski definition) is 7. The van der Waals surface area contributed by atoms with Crippen LogP contribution in [-0.2, 0) is 25.1 Å². The smallest absolute Gasteiger partial charge is 0.253 e. The summed E-state index contributed by atoms with van der Waals surface area (Å²) in [5.74, 6) is -0.0295. The molecule has 1 aromatic heterocycles. The van der Waals surface area contributed by atoms with E-state index < -0.39 is 15.6 Å². The molecular weight excluding hydrogens is 456 g/mol. The molecule has 0 bridgehead atoms. The molecule has 0 atom stereocenters. The van der Waals surface area contributed by atoms with Gasteiger partial charge >= 0.3 is 0 Å². The molecule has 0 aliphatic carbocycles. The summed E-state index contributed by atoms with van der Waals surface area (Å²) in [5, 5.41) is 0. The normalized spacial score (nSPS) is 17.9. The minimum atomic E-state index is -3.53. The molecule has 1 amide bonds. The molecule has 2 saturated heterocycles. The Hall–Kier alpha value is -3.01. The summed E-state index contributed by atoms with van der Waals surface area (Å²) in [6.45, 7) is 4.08. The van der Waals surface area contributed by atoms with Crippen LogP contribution in [-0.4, -0.2) is 56.3 Å². The highest BCUT2D eigenvalue weighted by Crippen LogP contribution is 2.32. The first-order valence-electron chi connectivity index (χ1n) is 11.3. The Balaban J connectivity index is 1.27. The van der Waals surface area contributed by atoms with Crippen molar-refractivity contribution in [3.05, 3.63) is 71.6 Å². The number of benzene rings is 2. The number of piperidine rings is 1. The van der Waals surface area contributed by atoms with Gasteiger partial charge in [0.1, 0.15) is 11.5 Å². The van der Waals surface area contributed by atoms with Gasteiger partial charge in [0, 0.05) is 37.1 Å². The van der Waals surface area contributed by atoms with Gasteiger partial charge in [0.2, 0.25) is 5.89 Å². The first-order chi connectivity index (χ1) is 16.4. The molecule has 0 N–H and O–H groups in total. The van der Waals surface area contributed by atoms with Crippen LogP contribution in [0, 0.1) is 6.92 Å². The van der Waals surface area contributed by atoms with E-state index in [1.165, 1.54) is 0 Å². The number of sulfone groups is 1. The van der Waals surface area contributed by atoms with Crippen molar-refractivity contribution in [3.63, 3.8) is 0 Å². The number of hydrogen-bond donors (Lipinski definition) is 0. The topological polar surface area (TPSA) is 98.9 Å². The zero-order valence-electron chi connectivity index (χ0n) is 18.9. The lowest BCUT2D eigenvalue weighted by Gasteiger charge is -2.37. The predicted molar refractivity (Wildman–Crippen MR) is 124 cm³/mol. The van der Waals surface area contributed by atoms with E-state index in [0.717, 1.165) is 0 Å². The minimum Gasteiger partial charge on any atom is -0.441 e. The second-order valence-electron chi connectivity index (χ2n) is 8.57. The van der Waals surface area contributed by atoms with Crippen LogP contribution in [0.1, 0.15) is 34.7 Å². The molecule has 0 saturated carbocycles. The first-order valence-corrected chi connectivity index (χ1v) is 12.9. The third-order valence-corrected chi connectivity index (χ3v) is 7.97. The van der Waals surface area contributed by atoms with Gasteiger partial charge in [0.05, 0.1) is 23.8 Å².